The number of hydrogen-bond donors (Lipinski definition) is 1. The molecule has 0 spiro atoms. The van der Waals surface area contributed by atoms with Crippen molar-refractivity contribution in [1.29, 1.82) is 0 Å². The van der Waals surface area contributed by atoms with E-state index in [-0.39, 0.29) is 6.04 Å². The summed E-state index contributed by atoms with van der Waals surface area (Å²) in [7, 11) is 0. The Morgan fingerprint density at radius 1 is 1.40 bits per heavy atom. The zero-order valence-corrected chi connectivity index (χ0v) is 9.31. The quantitative estimate of drug-likeness (QED) is 0.826. The van der Waals surface area contributed by atoms with Gasteiger partial charge < -0.3 is 10.1 Å². The topological polar surface area (TPSA) is 38.3 Å². The lowest BCUT2D eigenvalue weighted by Gasteiger charge is -2.24. The molecule has 1 amide bonds. The largest absolute Gasteiger partial charge is 0.449 e. The van der Waals surface area contributed by atoms with E-state index in [0.717, 1.165) is 5.56 Å². The number of hydrogen-bond acceptors (Lipinski definition) is 2. The fourth-order valence-corrected chi connectivity index (χ4v) is 2.08. The number of amides is 1. The second-order valence-electron chi connectivity index (χ2n) is 3.29. The van der Waals surface area contributed by atoms with E-state index in [9.17, 15) is 4.79 Å². The van der Waals surface area contributed by atoms with Crippen LogP contribution in [-0.4, -0.2) is 12.7 Å². The number of carbonyl (C=O) groups is 1. The average Bonchev–Trinajstić information content (AvgIpc) is 2.17. The molecule has 0 saturated carbocycles. The smallest absolute Gasteiger partial charge is 0.407 e. The van der Waals surface area contributed by atoms with Crippen LogP contribution in [0.5, 0.6) is 0 Å². The molecule has 2 rings (SSSR count). The van der Waals surface area contributed by atoms with Crippen LogP contribution in [0.1, 0.15) is 18.0 Å². The van der Waals surface area contributed by atoms with Crippen LogP contribution >= 0.6 is 23.2 Å². The minimum atomic E-state index is -0.405. The number of alkyl carbamates (subject to hydrolysis) is 1. The van der Waals surface area contributed by atoms with Crippen molar-refractivity contribution < 1.29 is 9.53 Å². The van der Waals surface area contributed by atoms with Gasteiger partial charge in [0.05, 0.1) is 12.6 Å². The first-order valence-corrected chi connectivity index (χ1v) is 5.30. The standard InChI is InChI=1S/C10H9Cl2NO2/c11-6-1-2-7(8(12)5-6)9-3-4-15-10(14)13-9/h1-2,5,9H,3-4H2,(H,13,14)/t9-/m0/s1. The van der Waals surface area contributed by atoms with E-state index in [0.29, 0.717) is 23.1 Å². The summed E-state index contributed by atoms with van der Waals surface area (Å²) in [4.78, 5) is 11.0. The van der Waals surface area contributed by atoms with Crippen molar-refractivity contribution in [3.8, 4) is 0 Å². The number of ether oxygens (including phenoxy) is 1. The molecule has 1 aromatic carbocycles. The Hall–Kier alpha value is -0.930. The van der Waals surface area contributed by atoms with Gasteiger partial charge in [0.1, 0.15) is 0 Å². The molecule has 1 heterocycles. The minimum absolute atomic E-state index is 0.0870. The van der Waals surface area contributed by atoms with E-state index in [1.807, 2.05) is 6.07 Å². The Morgan fingerprint density at radius 2 is 2.20 bits per heavy atom. The second-order valence-corrected chi connectivity index (χ2v) is 4.13. The molecule has 0 unspecified atom stereocenters. The molecule has 1 aliphatic heterocycles. The molecule has 0 radical (unpaired) electrons. The SMILES string of the molecule is O=C1N[C@H](c2ccc(Cl)cc2Cl)CCO1. The fraction of sp³-hybridized carbons (Fsp3) is 0.300. The average molecular weight is 246 g/mol. The van der Waals surface area contributed by atoms with Crippen LogP contribution < -0.4 is 5.32 Å². The fourth-order valence-electron chi connectivity index (χ4n) is 1.54. The Labute approximate surface area is 97.3 Å². The van der Waals surface area contributed by atoms with Crippen LogP contribution in [0.4, 0.5) is 4.79 Å². The lowest BCUT2D eigenvalue weighted by atomic mass is 10.0. The summed E-state index contributed by atoms with van der Waals surface area (Å²) in [6.07, 6.45) is 0.310. The van der Waals surface area contributed by atoms with Crippen molar-refractivity contribution in [2.75, 3.05) is 6.61 Å². The third-order valence-electron chi connectivity index (χ3n) is 2.27. The van der Waals surface area contributed by atoms with Gasteiger partial charge in [-0.2, -0.15) is 0 Å². The number of carbonyl (C=O) groups excluding carboxylic acids is 1. The second kappa shape index (κ2) is 4.29. The van der Waals surface area contributed by atoms with Crippen molar-refractivity contribution in [1.82, 2.24) is 5.32 Å². The Balaban J connectivity index is 2.24. The molecule has 1 aliphatic rings. The first-order valence-electron chi connectivity index (χ1n) is 4.55. The summed E-state index contributed by atoms with van der Waals surface area (Å²) in [5.41, 5.74) is 0.873. The molecule has 1 fully saturated rings. The van der Waals surface area contributed by atoms with Gasteiger partial charge in [0.15, 0.2) is 0 Å². The van der Waals surface area contributed by atoms with Crippen LogP contribution in [0, 0.1) is 0 Å². The van der Waals surface area contributed by atoms with Crippen LogP contribution in [0.15, 0.2) is 18.2 Å². The number of benzene rings is 1. The maximum atomic E-state index is 11.0. The van der Waals surface area contributed by atoms with Gasteiger partial charge in [0.25, 0.3) is 0 Å². The summed E-state index contributed by atoms with van der Waals surface area (Å²) in [5, 5.41) is 3.85. The van der Waals surface area contributed by atoms with Crippen molar-refractivity contribution in [2.24, 2.45) is 0 Å². The lowest BCUT2D eigenvalue weighted by Crippen LogP contribution is -2.35. The zero-order chi connectivity index (χ0) is 10.8. The molecule has 0 aromatic heterocycles. The van der Waals surface area contributed by atoms with Gasteiger partial charge in [0.2, 0.25) is 0 Å². The highest BCUT2D eigenvalue weighted by atomic mass is 35.5. The zero-order valence-electron chi connectivity index (χ0n) is 7.80. The number of rotatable bonds is 1. The molecule has 1 N–H and O–H groups in total. The molecule has 1 aromatic rings. The van der Waals surface area contributed by atoms with Gasteiger partial charge in [-0.3, -0.25) is 0 Å². The maximum absolute atomic E-state index is 11.0. The predicted molar refractivity (Wildman–Crippen MR) is 58.3 cm³/mol. The summed E-state index contributed by atoms with van der Waals surface area (Å²) in [5.74, 6) is 0. The molecule has 15 heavy (non-hydrogen) atoms. The lowest BCUT2D eigenvalue weighted by molar-refractivity contribution is 0.115. The van der Waals surface area contributed by atoms with E-state index in [4.69, 9.17) is 27.9 Å². The van der Waals surface area contributed by atoms with E-state index < -0.39 is 6.09 Å². The van der Waals surface area contributed by atoms with Crippen LogP contribution in [0.3, 0.4) is 0 Å². The van der Waals surface area contributed by atoms with Gasteiger partial charge in [-0.1, -0.05) is 29.3 Å². The highest BCUT2D eigenvalue weighted by molar-refractivity contribution is 6.35. The highest BCUT2D eigenvalue weighted by Gasteiger charge is 2.22. The van der Waals surface area contributed by atoms with Gasteiger partial charge in [-0.05, 0) is 17.7 Å². The van der Waals surface area contributed by atoms with E-state index in [2.05, 4.69) is 5.32 Å². The molecule has 5 heteroatoms. The molecule has 0 bridgehead atoms. The number of halogens is 2. The Morgan fingerprint density at radius 3 is 2.87 bits per heavy atom. The normalized spacial score (nSPS) is 20.7. The van der Waals surface area contributed by atoms with Crippen molar-refractivity contribution in [3.05, 3.63) is 33.8 Å². The van der Waals surface area contributed by atoms with Crippen molar-refractivity contribution in [3.63, 3.8) is 0 Å². The highest BCUT2D eigenvalue weighted by Crippen LogP contribution is 2.29. The van der Waals surface area contributed by atoms with Gasteiger partial charge >= 0.3 is 6.09 Å². The number of cyclic esters (lactones) is 1. The summed E-state index contributed by atoms with van der Waals surface area (Å²) < 4.78 is 4.77. The van der Waals surface area contributed by atoms with Crippen molar-refractivity contribution >= 4 is 29.3 Å². The van der Waals surface area contributed by atoms with Crippen LogP contribution in [0.2, 0.25) is 10.0 Å². The van der Waals surface area contributed by atoms with E-state index in [1.165, 1.54) is 0 Å². The summed E-state index contributed by atoms with van der Waals surface area (Å²) >= 11 is 11.8. The van der Waals surface area contributed by atoms with E-state index >= 15 is 0 Å². The molecule has 3 nitrogen and oxygen atoms in total. The van der Waals surface area contributed by atoms with Gasteiger partial charge in [0, 0.05) is 16.5 Å². The predicted octanol–water partition coefficient (Wildman–Crippen LogP) is 3.16. The van der Waals surface area contributed by atoms with E-state index in [1.54, 1.807) is 12.1 Å². The molecular formula is C10H9Cl2NO2. The monoisotopic (exact) mass is 245 g/mol. The van der Waals surface area contributed by atoms with Crippen LogP contribution in [-0.2, 0) is 4.74 Å². The third-order valence-corrected chi connectivity index (χ3v) is 2.83. The molecule has 80 valence electrons. The van der Waals surface area contributed by atoms with Gasteiger partial charge in [-0.15, -0.1) is 0 Å². The van der Waals surface area contributed by atoms with Gasteiger partial charge in [-0.25, -0.2) is 4.79 Å². The minimum Gasteiger partial charge on any atom is -0.449 e. The maximum Gasteiger partial charge on any atom is 0.407 e. The first kappa shape index (κ1) is 10.6. The first-order chi connectivity index (χ1) is 7.16. The summed E-state index contributed by atoms with van der Waals surface area (Å²) in [6, 6.07) is 5.15. The van der Waals surface area contributed by atoms with Crippen LogP contribution in [0.25, 0.3) is 0 Å². The summed E-state index contributed by atoms with van der Waals surface area (Å²) in [6.45, 7) is 0.412. The Kier molecular flexibility index (Phi) is 3.03. The Bertz CT molecular complexity index is 395. The molecule has 1 atom stereocenters. The molecule has 0 aliphatic carbocycles. The molecule has 1 saturated heterocycles. The number of nitrogens with one attached hydrogen (secondary N) is 1. The van der Waals surface area contributed by atoms with Crippen molar-refractivity contribution in [2.45, 2.75) is 12.5 Å². The third kappa shape index (κ3) is 2.36. The molecular weight excluding hydrogens is 237 g/mol.